The topological polar surface area (TPSA) is 162 Å². The first-order chi connectivity index (χ1) is 11.8. The largest absolute Gasteiger partial charge is 0.481 e. The number of rotatable bonds is 10. The lowest BCUT2D eigenvalue weighted by molar-refractivity contribution is -0.151. The summed E-state index contributed by atoms with van der Waals surface area (Å²) in [5, 5.41) is 11.4. The SMILES string of the molecule is COC(=O)C(N)(N)C(N[C@H](C=O)CC(=O)O)C(=O)CC1(C(C)(C)C)CC1. The average molecular weight is 371 g/mol. The lowest BCUT2D eigenvalue weighted by Gasteiger charge is -2.36. The summed E-state index contributed by atoms with van der Waals surface area (Å²) in [5.74, 6) is -2.74. The number of nitrogens with two attached hydrogens (primary N) is 2. The van der Waals surface area contributed by atoms with Crippen LogP contribution in [0, 0.1) is 10.8 Å². The zero-order valence-electron chi connectivity index (χ0n) is 15.7. The normalized spacial score (nSPS) is 18.5. The van der Waals surface area contributed by atoms with E-state index < -0.39 is 41.9 Å². The maximum Gasteiger partial charge on any atom is 0.342 e. The second-order valence-electron chi connectivity index (χ2n) is 8.04. The van der Waals surface area contributed by atoms with E-state index >= 15 is 0 Å². The summed E-state index contributed by atoms with van der Waals surface area (Å²) in [6, 6.07) is -2.67. The Balaban J connectivity index is 3.11. The molecule has 148 valence electrons. The maximum absolute atomic E-state index is 13.0. The molecule has 0 aliphatic heterocycles. The average Bonchev–Trinajstić information content (AvgIpc) is 3.30. The summed E-state index contributed by atoms with van der Waals surface area (Å²) in [5.41, 5.74) is 9.09. The van der Waals surface area contributed by atoms with Gasteiger partial charge >= 0.3 is 11.9 Å². The lowest BCUT2D eigenvalue weighted by Crippen LogP contribution is -2.72. The molecule has 1 rings (SSSR count). The van der Waals surface area contributed by atoms with Gasteiger partial charge in [0.1, 0.15) is 12.3 Å². The van der Waals surface area contributed by atoms with Crippen molar-refractivity contribution in [3.05, 3.63) is 0 Å². The number of hydrogen-bond donors (Lipinski definition) is 4. The molecule has 0 aromatic heterocycles. The van der Waals surface area contributed by atoms with Crippen molar-refractivity contribution in [1.29, 1.82) is 0 Å². The summed E-state index contributed by atoms with van der Waals surface area (Å²) in [4.78, 5) is 47.0. The van der Waals surface area contributed by atoms with E-state index in [0.29, 0.717) is 6.29 Å². The van der Waals surface area contributed by atoms with E-state index in [1.165, 1.54) is 0 Å². The number of carbonyl (C=O) groups excluding carboxylic acids is 3. The van der Waals surface area contributed by atoms with Crippen molar-refractivity contribution in [3.8, 4) is 0 Å². The molecule has 0 amide bonds. The zero-order valence-corrected chi connectivity index (χ0v) is 15.7. The molecule has 0 spiro atoms. The Morgan fingerprint density at radius 3 is 2.15 bits per heavy atom. The molecule has 1 unspecified atom stereocenters. The Morgan fingerprint density at radius 1 is 1.27 bits per heavy atom. The van der Waals surface area contributed by atoms with E-state index in [1.54, 1.807) is 0 Å². The molecule has 26 heavy (non-hydrogen) atoms. The molecule has 0 heterocycles. The number of ketones is 1. The Bertz CT molecular complexity index is 578. The number of aldehydes is 1. The molecule has 1 saturated carbocycles. The van der Waals surface area contributed by atoms with Gasteiger partial charge in [-0.1, -0.05) is 20.8 Å². The van der Waals surface area contributed by atoms with Crippen molar-refractivity contribution in [3.63, 3.8) is 0 Å². The predicted octanol–water partition coefficient (Wildman–Crippen LogP) is -0.441. The number of nitrogens with one attached hydrogen (secondary N) is 1. The molecule has 0 aromatic rings. The highest BCUT2D eigenvalue weighted by Crippen LogP contribution is 2.61. The minimum atomic E-state index is -2.24. The molecule has 0 bridgehead atoms. The number of carboxylic acid groups (broad SMARTS) is 1. The second-order valence-corrected chi connectivity index (χ2v) is 8.04. The number of carbonyl (C=O) groups is 4. The molecule has 9 heteroatoms. The summed E-state index contributed by atoms with van der Waals surface area (Å²) in [6.07, 6.45) is 1.58. The number of ether oxygens (including phenoxy) is 1. The van der Waals surface area contributed by atoms with Crippen molar-refractivity contribution in [2.45, 2.75) is 64.2 Å². The van der Waals surface area contributed by atoms with E-state index in [4.69, 9.17) is 16.6 Å². The van der Waals surface area contributed by atoms with Crippen LogP contribution < -0.4 is 16.8 Å². The molecule has 9 nitrogen and oxygen atoms in total. The Labute approximate surface area is 152 Å². The fourth-order valence-corrected chi connectivity index (χ4v) is 3.12. The van der Waals surface area contributed by atoms with Gasteiger partial charge < -0.3 is 26.1 Å². The van der Waals surface area contributed by atoms with Gasteiger partial charge in [0.25, 0.3) is 0 Å². The molecule has 0 aromatic carbocycles. The Morgan fingerprint density at radius 2 is 1.81 bits per heavy atom. The van der Waals surface area contributed by atoms with Crippen molar-refractivity contribution in [2.24, 2.45) is 22.3 Å². The van der Waals surface area contributed by atoms with Gasteiger partial charge in [0.2, 0.25) is 0 Å². The number of methoxy groups -OCH3 is 1. The van der Waals surface area contributed by atoms with Crippen LogP contribution in [0.3, 0.4) is 0 Å². The summed E-state index contributed by atoms with van der Waals surface area (Å²) in [6.45, 7) is 6.06. The molecular formula is C17H29N3O6. The van der Waals surface area contributed by atoms with Crippen molar-refractivity contribution in [1.82, 2.24) is 5.32 Å². The second kappa shape index (κ2) is 7.81. The monoisotopic (exact) mass is 371 g/mol. The van der Waals surface area contributed by atoms with Crippen LogP contribution in [0.5, 0.6) is 0 Å². The van der Waals surface area contributed by atoms with Gasteiger partial charge in [0.05, 0.1) is 19.6 Å². The summed E-state index contributed by atoms with van der Waals surface area (Å²) >= 11 is 0. The molecule has 2 atom stereocenters. The number of aliphatic carboxylic acids is 1. The van der Waals surface area contributed by atoms with Crippen LogP contribution in [0.15, 0.2) is 0 Å². The lowest BCUT2D eigenvalue weighted by atomic mass is 9.73. The highest BCUT2D eigenvalue weighted by atomic mass is 16.5. The number of esters is 1. The molecule has 1 aliphatic rings. The third kappa shape index (κ3) is 4.87. The van der Waals surface area contributed by atoms with Gasteiger partial charge in [-0.15, -0.1) is 0 Å². The highest BCUT2D eigenvalue weighted by molar-refractivity contribution is 5.94. The number of hydrogen-bond acceptors (Lipinski definition) is 8. The van der Waals surface area contributed by atoms with Gasteiger partial charge in [0.15, 0.2) is 11.4 Å². The van der Waals surface area contributed by atoms with E-state index in [2.05, 4.69) is 10.1 Å². The van der Waals surface area contributed by atoms with Crippen molar-refractivity contribution >= 4 is 24.0 Å². The van der Waals surface area contributed by atoms with Gasteiger partial charge in [-0.05, 0) is 23.7 Å². The molecule has 1 fully saturated rings. The van der Waals surface area contributed by atoms with Crippen LogP contribution in [0.25, 0.3) is 0 Å². The van der Waals surface area contributed by atoms with Crippen LogP contribution in [0.4, 0.5) is 0 Å². The Kier molecular flexibility index (Phi) is 6.67. The van der Waals surface area contributed by atoms with E-state index in [1.807, 2.05) is 20.8 Å². The Hall–Kier alpha value is -1.84. The molecule has 0 radical (unpaired) electrons. The molecule has 1 aliphatic carbocycles. The number of carboxylic acids is 1. The van der Waals surface area contributed by atoms with Crippen molar-refractivity contribution < 1.29 is 29.0 Å². The molecule has 0 saturated heterocycles. The first kappa shape index (κ1) is 22.2. The first-order valence-electron chi connectivity index (χ1n) is 8.43. The van der Waals surface area contributed by atoms with Crippen LogP contribution in [0.1, 0.15) is 46.5 Å². The van der Waals surface area contributed by atoms with E-state index in [-0.39, 0.29) is 17.3 Å². The van der Waals surface area contributed by atoms with Gasteiger partial charge in [-0.3, -0.25) is 14.9 Å². The highest BCUT2D eigenvalue weighted by Gasteiger charge is 2.55. The third-order valence-corrected chi connectivity index (χ3v) is 5.24. The van der Waals surface area contributed by atoms with Crippen LogP contribution in [0.2, 0.25) is 0 Å². The van der Waals surface area contributed by atoms with Gasteiger partial charge in [-0.2, -0.15) is 0 Å². The smallest absolute Gasteiger partial charge is 0.342 e. The molecule has 6 N–H and O–H groups in total. The van der Waals surface area contributed by atoms with Gasteiger partial charge in [0, 0.05) is 6.42 Å². The van der Waals surface area contributed by atoms with E-state index in [9.17, 15) is 19.2 Å². The first-order valence-corrected chi connectivity index (χ1v) is 8.43. The fourth-order valence-electron chi connectivity index (χ4n) is 3.12. The predicted molar refractivity (Wildman–Crippen MR) is 92.9 cm³/mol. The maximum atomic E-state index is 13.0. The third-order valence-electron chi connectivity index (χ3n) is 5.24. The summed E-state index contributed by atoms with van der Waals surface area (Å²) < 4.78 is 4.57. The zero-order chi connectivity index (χ0) is 20.3. The fraction of sp³-hybridized carbons (Fsp3) is 0.765. The van der Waals surface area contributed by atoms with Crippen LogP contribution in [-0.2, 0) is 23.9 Å². The molecular weight excluding hydrogens is 342 g/mol. The van der Waals surface area contributed by atoms with Crippen LogP contribution in [-0.4, -0.2) is 54.0 Å². The van der Waals surface area contributed by atoms with E-state index in [0.717, 1.165) is 20.0 Å². The number of Topliss-reactive ketones (excluding diaryl/α,β-unsaturated/α-hetero) is 1. The summed E-state index contributed by atoms with van der Waals surface area (Å²) in [7, 11) is 1.07. The quantitative estimate of drug-likeness (QED) is 0.226. The minimum absolute atomic E-state index is 0.111. The van der Waals surface area contributed by atoms with Crippen molar-refractivity contribution in [2.75, 3.05) is 7.11 Å². The van der Waals surface area contributed by atoms with Crippen LogP contribution >= 0.6 is 0 Å². The minimum Gasteiger partial charge on any atom is -0.481 e. The standard InChI is InChI=1S/C17H29N3O6/c1-15(2,3)16(5-6-16)8-11(22)13(17(18,19)14(25)26-4)20-10(9-21)7-12(23)24/h9-10,13,20H,5-8,18-19H2,1-4H3,(H,23,24)/t10-,13?/m0/s1. The van der Waals surface area contributed by atoms with Gasteiger partial charge in [-0.25, -0.2) is 4.79 Å².